The number of aromatic nitrogens is 2. The van der Waals surface area contributed by atoms with Crippen molar-refractivity contribution < 1.29 is 12.8 Å². The maximum Gasteiger partial charge on any atom is 0.261 e. The van der Waals surface area contributed by atoms with E-state index in [1.54, 1.807) is 0 Å². The molecule has 0 saturated carbocycles. The largest absolute Gasteiger partial charge is 0.261 e. The van der Waals surface area contributed by atoms with Crippen molar-refractivity contribution in [1.82, 2.24) is 9.78 Å². The molecule has 0 bridgehead atoms. The molecule has 84 valence electrons. The van der Waals surface area contributed by atoms with Crippen LogP contribution in [0.5, 0.6) is 0 Å². The zero-order valence-electron chi connectivity index (χ0n) is 7.84. The quantitative estimate of drug-likeness (QED) is 0.776. The lowest BCUT2D eigenvalue weighted by molar-refractivity contribution is 0.536. The predicted molar refractivity (Wildman–Crippen MR) is 56.6 cm³/mol. The molecule has 0 radical (unpaired) electrons. The third-order valence-electron chi connectivity index (χ3n) is 1.96. The van der Waals surface area contributed by atoms with Crippen LogP contribution in [0, 0.1) is 5.95 Å². The van der Waals surface area contributed by atoms with Gasteiger partial charge in [0.1, 0.15) is 0 Å². The molecule has 2 aromatic rings. The number of hydrogen-bond acceptors (Lipinski definition) is 3. The van der Waals surface area contributed by atoms with Crippen molar-refractivity contribution in [3.63, 3.8) is 0 Å². The van der Waals surface area contributed by atoms with Gasteiger partial charge in [-0.1, -0.05) is 0 Å². The first-order valence-electron chi connectivity index (χ1n) is 4.23. The summed E-state index contributed by atoms with van der Waals surface area (Å²) < 4.78 is 36.1. The minimum Gasteiger partial charge on any atom is -0.207 e. The van der Waals surface area contributed by atoms with Gasteiger partial charge in [-0.15, -0.1) is 0 Å². The van der Waals surface area contributed by atoms with Gasteiger partial charge >= 0.3 is 0 Å². The van der Waals surface area contributed by atoms with Crippen LogP contribution in [-0.2, 0) is 9.05 Å². The third-order valence-corrected chi connectivity index (χ3v) is 3.33. The third kappa shape index (κ3) is 2.07. The molecule has 0 amide bonds. The first-order valence-corrected chi connectivity index (χ1v) is 6.54. The molecule has 16 heavy (non-hydrogen) atoms. The molecule has 1 aromatic heterocycles. The Kier molecular flexibility index (Phi) is 2.69. The second-order valence-electron chi connectivity index (χ2n) is 3.00. The molecular weight excluding hydrogens is 255 g/mol. The maximum absolute atomic E-state index is 13.1. The van der Waals surface area contributed by atoms with E-state index in [1.807, 2.05) is 0 Å². The smallest absolute Gasteiger partial charge is 0.207 e. The lowest BCUT2D eigenvalue weighted by Gasteiger charge is -2.02. The summed E-state index contributed by atoms with van der Waals surface area (Å²) in [5.74, 6) is -0.526. The molecule has 2 rings (SSSR count). The van der Waals surface area contributed by atoms with Crippen molar-refractivity contribution in [2.75, 3.05) is 0 Å². The number of rotatable bonds is 2. The van der Waals surface area contributed by atoms with E-state index in [9.17, 15) is 12.8 Å². The van der Waals surface area contributed by atoms with Gasteiger partial charge in [-0.25, -0.2) is 13.1 Å². The Labute approximate surface area is 95.7 Å². The summed E-state index contributed by atoms with van der Waals surface area (Å²) in [4.78, 5) is -0.0366. The van der Waals surface area contributed by atoms with Crippen molar-refractivity contribution in [3.8, 4) is 5.69 Å². The Bertz CT molecular complexity index is 607. The van der Waals surface area contributed by atoms with Crippen LogP contribution in [-0.4, -0.2) is 18.2 Å². The average Bonchev–Trinajstić information content (AvgIpc) is 2.63. The van der Waals surface area contributed by atoms with E-state index in [0.29, 0.717) is 5.69 Å². The fourth-order valence-electron chi connectivity index (χ4n) is 1.23. The zero-order chi connectivity index (χ0) is 11.8. The Morgan fingerprint density at radius 2 is 1.81 bits per heavy atom. The number of nitrogens with zero attached hydrogens (tertiary/aromatic N) is 2. The van der Waals surface area contributed by atoms with Gasteiger partial charge in [0.15, 0.2) is 0 Å². The number of hydrogen-bond donors (Lipinski definition) is 0. The standard InChI is InChI=1S/C9H6ClFN2O2S/c10-16(14,15)8-3-1-7(2-4-8)13-9(11)5-6-12-13/h1-6H. The fraction of sp³-hybridized carbons (Fsp3) is 0. The summed E-state index contributed by atoms with van der Waals surface area (Å²) in [6.45, 7) is 0. The molecule has 1 heterocycles. The van der Waals surface area contributed by atoms with Gasteiger partial charge in [0.2, 0.25) is 5.95 Å². The first kappa shape index (κ1) is 11.1. The highest BCUT2D eigenvalue weighted by Gasteiger charge is 2.10. The molecular formula is C9H6ClFN2O2S. The highest BCUT2D eigenvalue weighted by atomic mass is 35.7. The second-order valence-corrected chi connectivity index (χ2v) is 5.56. The van der Waals surface area contributed by atoms with Crippen LogP contribution in [0.3, 0.4) is 0 Å². The van der Waals surface area contributed by atoms with Crippen LogP contribution >= 0.6 is 10.7 Å². The Morgan fingerprint density at radius 3 is 2.25 bits per heavy atom. The van der Waals surface area contributed by atoms with E-state index in [-0.39, 0.29) is 4.90 Å². The first-order chi connectivity index (χ1) is 7.48. The van der Waals surface area contributed by atoms with Crippen molar-refractivity contribution in [1.29, 1.82) is 0 Å². The van der Waals surface area contributed by atoms with Crippen LogP contribution < -0.4 is 0 Å². The molecule has 7 heteroatoms. The summed E-state index contributed by atoms with van der Waals surface area (Å²) >= 11 is 0. The molecule has 0 saturated heterocycles. The summed E-state index contributed by atoms with van der Waals surface area (Å²) in [6, 6.07) is 6.63. The molecule has 0 spiro atoms. The Morgan fingerprint density at radius 1 is 1.19 bits per heavy atom. The van der Waals surface area contributed by atoms with E-state index < -0.39 is 15.0 Å². The normalized spacial score (nSPS) is 11.6. The predicted octanol–water partition coefficient (Wildman–Crippen LogP) is 1.94. The average molecular weight is 261 g/mol. The SMILES string of the molecule is O=S(=O)(Cl)c1ccc(-n2nccc2F)cc1. The molecule has 0 aliphatic carbocycles. The van der Waals surface area contributed by atoms with E-state index in [4.69, 9.17) is 10.7 Å². The van der Waals surface area contributed by atoms with Crippen molar-refractivity contribution in [3.05, 3.63) is 42.5 Å². The summed E-state index contributed by atoms with van der Waals surface area (Å²) in [6.07, 6.45) is 1.31. The second kappa shape index (κ2) is 3.88. The van der Waals surface area contributed by atoms with Gasteiger partial charge in [0, 0.05) is 16.7 Å². The minimum atomic E-state index is -3.75. The maximum atomic E-state index is 13.1. The molecule has 1 aromatic carbocycles. The van der Waals surface area contributed by atoms with E-state index in [1.165, 1.54) is 36.5 Å². The van der Waals surface area contributed by atoms with Gasteiger partial charge in [-0.3, -0.25) is 0 Å². The number of benzene rings is 1. The van der Waals surface area contributed by atoms with Gasteiger partial charge in [0.05, 0.1) is 16.8 Å². The van der Waals surface area contributed by atoms with Crippen LogP contribution in [0.1, 0.15) is 0 Å². The van der Waals surface area contributed by atoms with Crippen molar-refractivity contribution in [2.24, 2.45) is 0 Å². The lowest BCUT2D eigenvalue weighted by atomic mass is 10.3. The van der Waals surface area contributed by atoms with Gasteiger partial charge < -0.3 is 0 Å². The summed E-state index contributed by atoms with van der Waals surface area (Å²) in [7, 11) is 1.39. The molecule has 0 aliphatic rings. The van der Waals surface area contributed by atoms with Crippen LogP contribution in [0.25, 0.3) is 5.69 Å². The van der Waals surface area contributed by atoms with Crippen LogP contribution in [0.15, 0.2) is 41.4 Å². The van der Waals surface area contributed by atoms with Gasteiger partial charge in [0.25, 0.3) is 9.05 Å². The number of halogens is 2. The van der Waals surface area contributed by atoms with E-state index >= 15 is 0 Å². The summed E-state index contributed by atoms with van der Waals surface area (Å²) in [5.41, 5.74) is 0.423. The Balaban J connectivity index is 2.45. The van der Waals surface area contributed by atoms with E-state index in [2.05, 4.69) is 5.10 Å². The van der Waals surface area contributed by atoms with Gasteiger partial charge in [-0.2, -0.15) is 9.49 Å². The van der Waals surface area contributed by atoms with Crippen molar-refractivity contribution >= 4 is 19.7 Å². The molecule has 0 atom stereocenters. The Hall–Kier alpha value is -1.40. The zero-order valence-corrected chi connectivity index (χ0v) is 9.41. The molecule has 0 unspecified atom stereocenters. The van der Waals surface area contributed by atoms with Gasteiger partial charge in [-0.05, 0) is 24.3 Å². The highest BCUT2D eigenvalue weighted by Crippen LogP contribution is 2.17. The minimum absolute atomic E-state index is 0.0366. The van der Waals surface area contributed by atoms with Crippen LogP contribution in [0.2, 0.25) is 0 Å². The lowest BCUT2D eigenvalue weighted by Crippen LogP contribution is -1.99. The highest BCUT2D eigenvalue weighted by molar-refractivity contribution is 8.13. The summed E-state index contributed by atoms with van der Waals surface area (Å²) in [5, 5.41) is 3.74. The molecule has 0 aliphatic heterocycles. The van der Waals surface area contributed by atoms with Crippen LogP contribution in [0.4, 0.5) is 4.39 Å². The molecule has 4 nitrogen and oxygen atoms in total. The fourth-order valence-corrected chi connectivity index (χ4v) is 2.00. The topological polar surface area (TPSA) is 52.0 Å². The van der Waals surface area contributed by atoms with E-state index in [0.717, 1.165) is 4.68 Å². The monoisotopic (exact) mass is 260 g/mol. The molecule has 0 fully saturated rings. The van der Waals surface area contributed by atoms with Crippen molar-refractivity contribution in [2.45, 2.75) is 4.90 Å². The molecule has 0 N–H and O–H groups in total.